The zero-order valence-electron chi connectivity index (χ0n) is 9.64. The van der Waals surface area contributed by atoms with E-state index in [0.29, 0.717) is 25.9 Å². The van der Waals surface area contributed by atoms with Crippen molar-refractivity contribution in [3.8, 4) is 0 Å². The van der Waals surface area contributed by atoms with Crippen LogP contribution in [-0.2, 0) is 10.0 Å². The molecule has 1 aromatic carbocycles. The first kappa shape index (κ1) is 13.9. The van der Waals surface area contributed by atoms with Crippen LogP contribution in [0.2, 0.25) is 0 Å². The van der Waals surface area contributed by atoms with E-state index in [9.17, 15) is 12.8 Å². The van der Waals surface area contributed by atoms with Gasteiger partial charge < -0.3 is 5.73 Å². The Bertz CT molecular complexity index is 542. The van der Waals surface area contributed by atoms with E-state index in [1.165, 1.54) is 22.5 Å². The molecule has 0 amide bonds. The minimum Gasteiger partial charge on any atom is -0.328 e. The maximum Gasteiger partial charge on any atom is 0.246 e. The molecule has 2 N–H and O–H groups in total. The number of nitrogens with zero attached hydrogens (tertiary/aromatic N) is 1. The second kappa shape index (κ2) is 5.24. The summed E-state index contributed by atoms with van der Waals surface area (Å²) in [6.07, 6.45) is 1.21. The molecule has 0 atom stereocenters. The van der Waals surface area contributed by atoms with Gasteiger partial charge in [0.15, 0.2) is 5.82 Å². The van der Waals surface area contributed by atoms with Crippen molar-refractivity contribution in [1.82, 2.24) is 4.31 Å². The highest BCUT2D eigenvalue weighted by molar-refractivity contribution is 9.10. The Balaban J connectivity index is 2.34. The summed E-state index contributed by atoms with van der Waals surface area (Å²) in [5.41, 5.74) is 5.73. The molecule has 18 heavy (non-hydrogen) atoms. The molecule has 0 spiro atoms. The number of nitrogens with two attached hydrogens (primary N) is 1. The van der Waals surface area contributed by atoms with Gasteiger partial charge in [0.25, 0.3) is 0 Å². The van der Waals surface area contributed by atoms with E-state index in [1.54, 1.807) is 0 Å². The lowest BCUT2D eigenvalue weighted by atomic mass is 10.1. The fourth-order valence-electron chi connectivity index (χ4n) is 1.94. The fourth-order valence-corrected chi connectivity index (χ4v) is 3.99. The first-order valence-corrected chi connectivity index (χ1v) is 7.86. The largest absolute Gasteiger partial charge is 0.328 e. The minimum absolute atomic E-state index is 0.0313. The molecule has 4 nitrogen and oxygen atoms in total. The SMILES string of the molecule is NC1CCN(S(=O)(=O)c2cccc(Br)c2F)CC1. The van der Waals surface area contributed by atoms with Crippen LogP contribution < -0.4 is 5.73 Å². The molecule has 1 heterocycles. The molecule has 0 unspecified atom stereocenters. The van der Waals surface area contributed by atoms with Crippen LogP contribution in [0.4, 0.5) is 4.39 Å². The van der Waals surface area contributed by atoms with Crippen LogP contribution in [0.15, 0.2) is 27.6 Å². The maximum atomic E-state index is 13.9. The standard InChI is InChI=1S/C11H14BrFN2O2S/c12-9-2-1-3-10(11(9)13)18(16,17)15-6-4-8(14)5-7-15/h1-3,8H,4-7,14H2. The van der Waals surface area contributed by atoms with Gasteiger partial charge in [0, 0.05) is 19.1 Å². The average Bonchev–Trinajstić information content (AvgIpc) is 2.33. The van der Waals surface area contributed by atoms with Crippen LogP contribution in [0.5, 0.6) is 0 Å². The molecule has 1 aromatic rings. The molecule has 0 radical (unpaired) electrons. The van der Waals surface area contributed by atoms with E-state index in [2.05, 4.69) is 15.9 Å². The Kier molecular flexibility index (Phi) is 4.05. The number of sulfonamides is 1. The zero-order valence-corrected chi connectivity index (χ0v) is 12.0. The fraction of sp³-hybridized carbons (Fsp3) is 0.455. The van der Waals surface area contributed by atoms with E-state index in [1.807, 2.05) is 0 Å². The Hall–Kier alpha value is -0.500. The summed E-state index contributed by atoms with van der Waals surface area (Å²) in [4.78, 5) is -0.285. The molecule has 0 aliphatic carbocycles. The number of benzene rings is 1. The highest BCUT2D eigenvalue weighted by Gasteiger charge is 2.30. The highest BCUT2D eigenvalue weighted by Crippen LogP contribution is 2.26. The summed E-state index contributed by atoms with van der Waals surface area (Å²) in [5.74, 6) is -0.743. The minimum atomic E-state index is -3.77. The van der Waals surface area contributed by atoms with Crippen LogP contribution in [0.1, 0.15) is 12.8 Å². The molecular formula is C11H14BrFN2O2S. The predicted molar refractivity (Wildman–Crippen MR) is 70.1 cm³/mol. The lowest BCUT2D eigenvalue weighted by Gasteiger charge is -2.29. The van der Waals surface area contributed by atoms with Crippen molar-refractivity contribution < 1.29 is 12.8 Å². The summed E-state index contributed by atoms with van der Waals surface area (Å²) in [6, 6.07) is 4.30. The Morgan fingerprint density at radius 1 is 1.33 bits per heavy atom. The molecule has 100 valence electrons. The second-order valence-corrected chi connectivity index (χ2v) is 7.05. The summed E-state index contributed by atoms with van der Waals surface area (Å²) in [7, 11) is -3.77. The lowest BCUT2D eigenvalue weighted by Crippen LogP contribution is -2.43. The molecule has 1 saturated heterocycles. The Labute approximate surface area is 114 Å². The number of halogens is 2. The van der Waals surface area contributed by atoms with Crippen molar-refractivity contribution in [2.45, 2.75) is 23.8 Å². The van der Waals surface area contributed by atoms with Crippen molar-refractivity contribution in [2.75, 3.05) is 13.1 Å². The van der Waals surface area contributed by atoms with Crippen molar-refractivity contribution in [3.05, 3.63) is 28.5 Å². The molecular weight excluding hydrogens is 323 g/mol. The van der Waals surface area contributed by atoms with Crippen molar-refractivity contribution in [1.29, 1.82) is 0 Å². The normalized spacial score (nSPS) is 19.1. The van der Waals surface area contributed by atoms with E-state index in [-0.39, 0.29) is 15.4 Å². The predicted octanol–water partition coefficient (Wildman–Crippen LogP) is 1.70. The second-order valence-electron chi connectivity index (χ2n) is 4.29. The van der Waals surface area contributed by atoms with Gasteiger partial charge in [-0.1, -0.05) is 6.07 Å². The first-order chi connectivity index (χ1) is 8.43. The van der Waals surface area contributed by atoms with Gasteiger partial charge in [-0.15, -0.1) is 0 Å². The number of hydrogen-bond donors (Lipinski definition) is 1. The van der Waals surface area contributed by atoms with E-state index < -0.39 is 15.8 Å². The van der Waals surface area contributed by atoms with Crippen LogP contribution in [0.25, 0.3) is 0 Å². The summed E-state index contributed by atoms with van der Waals surface area (Å²) in [6.45, 7) is 0.685. The smallest absolute Gasteiger partial charge is 0.246 e. The highest BCUT2D eigenvalue weighted by atomic mass is 79.9. The average molecular weight is 337 g/mol. The first-order valence-electron chi connectivity index (χ1n) is 5.62. The van der Waals surface area contributed by atoms with Gasteiger partial charge in [0.05, 0.1) is 4.47 Å². The van der Waals surface area contributed by atoms with E-state index in [0.717, 1.165) is 0 Å². The van der Waals surface area contributed by atoms with Crippen LogP contribution >= 0.6 is 15.9 Å². The molecule has 1 aliphatic heterocycles. The number of piperidine rings is 1. The third-order valence-corrected chi connectivity index (χ3v) is 5.56. The van der Waals surface area contributed by atoms with Crippen LogP contribution in [0.3, 0.4) is 0 Å². The van der Waals surface area contributed by atoms with Gasteiger partial charge in [-0.05, 0) is 40.9 Å². The monoisotopic (exact) mass is 336 g/mol. The third kappa shape index (κ3) is 2.59. The molecule has 2 rings (SSSR count). The molecule has 0 saturated carbocycles. The summed E-state index contributed by atoms with van der Waals surface area (Å²) >= 11 is 2.99. The summed E-state index contributed by atoms with van der Waals surface area (Å²) < 4.78 is 39.9. The van der Waals surface area contributed by atoms with E-state index >= 15 is 0 Å². The topological polar surface area (TPSA) is 63.4 Å². The Morgan fingerprint density at radius 2 is 1.94 bits per heavy atom. The van der Waals surface area contributed by atoms with Crippen molar-refractivity contribution in [2.24, 2.45) is 5.73 Å². The summed E-state index contributed by atoms with van der Waals surface area (Å²) in [5, 5.41) is 0. The Morgan fingerprint density at radius 3 is 2.56 bits per heavy atom. The zero-order chi connectivity index (χ0) is 13.3. The van der Waals surface area contributed by atoms with Gasteiger partial charge >= 0.3 is 0 Å². The third-order valence-electron chi connectivity index (χ3n) is 3.03. The van der Waals surface area contributed by atoms with Crippen LogP contribution in [-0.4, -0.2) is 31.9 Å². The van der Waals surface area contributed by atoms with E-state index in [4.69, 9.17) is 5.73 Å². The maximum absolute atomic E-state index is 13.9. The van der Waals surface area contributed by atoms with Crippen molar-refractivity contribution >= 4 is 26.0 Å². The van der Waals surface area contributed by atoms with Gasteiger partial charge in [-0.3, -0.25) is 0 Å². The lowest BCUT2D eigenvalue weighted by molar-refractivity contribution is 0.319. The molecule has 7 heteroatoms. The van der Waals surface area contributed by atoms with Gasteiger partial charge in [-0.25, -0.2) is 12.8 Å². The molecule has 1 aliphatic rings. The molecule has 0 bridgehead atoms. The van der Waals surface area contributed by atoms with Crippen LogP contribution in [0, 0.1) is 5.82 Å². The quantitative estimate of drug-likeness (QED) is 0.893. The van der Waals surface area contributed by atoms with Crippen molar-refractivity contribution in [3.63, 3.8) is 0 Å². The van der Waals surface area contributed by atoms with Gasteiger partial charge in [-0.2, -0.15) is 4.31 Å². The van der Waals surface area contributed by atoms with Gasteiger partial charge in [0.2, 0.25) is 10.0 Å². The van der Waals surface area contributed by atoms with Gasteiger partial charge in [0.1, 0.15) is 4.90 Å². The number of hydrogen-bond acceptors (Lipinski definition) is 3. The molecule has 0 aromatic heterocycles. The molecule has 1 fully saturated rings. The number of rotatable bonds is 2.